The molecular weight excluding hydrogens is 346 g/mol. The van der Waals surface area contributed by atoms with E-state index < -0.39 is 17.5 Å². The number of carboxylic acid groups (broad SMARTS) is 1. The van der Waals surface area contributed by atoms with E-state index in [1.54, 1.807) is 0 Å². The van der Waals surface area contributed by atoms with Crippen molar-refractivity contribution in [2.75, 3.05) is 6.54 Å². The number of carbonyl (C=O) groups excluding carboxylic acids is 1. The molecule has 6 heteroatoms. The largest absolute Gasteiger partial charge is 0.480 e. The SMILES string of the molecule is C[C@]12CC[C@@H](O)CC1CCC1C2C[C@H](O)[C@]2(C(=O)NCC(=O)O)CCCC12. The molecule has 4 fully saturated rings. The average Bonchev–Trinajstić information content (AvgIpc) is 3.08. The van der Waals surface area contributed by atoms with E-state index in [4.69, 9.17) is 5.11 Å². The molecule has 0 saturated heterocycles. The smallest absolute Gasteiger partial charge is 0.322 e. The first kappa shape index (κ1) is 19.2. The van der Waals surface area contributed by atoms with Gasteiger partial charge in [0.15, 0.2) is 0 Å². The Morgan fingerprint density at radius 1 is 1.04 bits per heavy atom. The zero-order valence-corrected chi connectivity index (χ0v) is 16.2. The molecule has 0 aromatic rings. The average molecular weight is 379 g/mol. The Morgan fingerprint density at radius 2 is 1.81 bits per heavy atom. The summed E-state index contributed by atoms with van der Waals surface area (Å²) in [6, 6.07) is 0. The lowest BCUT2D eigenvalue weighted by Gasteiger charge is -2.61. The fourth-order valence-electron chi connectivity index (χ4n) is 7.61. The van der Waals surface area contributed by atoms with Crippen LogP contribution in [0.25, 0.3) is 0 Å². The van der Waals surface area contributed by atoms with Crippen LogP contribution in [0.4, 0.5) is 0 Å². The van der Waals surface area contributed by atoms with E-state index in [2.05, 4.69) is 12.2 Å². The minimum Gasteiger partial charge on any atom is -0.480 e. The van der Waals surface area contributed by atoms with Crippen molar-refractivity contribution in [3.05, 3.63) is 0 Å². The molecule has 0 aliphatic heterocycles. The van der Waals surface area contributed by atoms with E-state index in [0.29, 0.717) is 30.6 Å². The second kappa shape index (κ2) is 6.73. The second-order valence-corrected chi connectivity index (χ2v) is 9.85. The maximum absolute atomic E-state index is 13.0. The number of carbonyl (C=O) groups is 2. The number of fused-ring (bicyclic) bond motifs is 5. The summed E-state index contributed by atoms with van der Waals surface area (Å²) in [5.74, 6) is 0.148. The minimum atomic E-state index is -1.05. The van der Waals surface area contributed by atoms with E-state index in [0.717, 1.165) is 44.9 Å². The van der Waals surface area contributed by atoms with Crippen molar-refractivity contribution in [1.82, 2.24) is 5.32 Å². The van der Waals surface area contributed by atoms with Crippen LogP contribution in [0, 0.1) is 34.5 Å². The van der Waals surface area contributed by atoms with Crippen LogP contribution in [0.2, 0.25) is 0 Å². The molecule has 4 aliphatic rings. The standard InChI is InChI=1S/C21H33NO5/c1-20-8-6-13(23)9-12(20)4-5-14-15-3-2-7-21(15,17(24)10-16(14)20)19(27)22-11-18(25)26/h12-17,23-24H,2-11H2,1H3,(H,22,27)(H,25,26)/t12?,13-,14?,15?,16?,17+,20+,21+/m1/s1. The Labute approximate surface area is 160 Å². The third-order valence-electron chi connectivity index (χ3n) is 8.90. The Hall–Kier alpha value is -1.14. The Morgan fingerprint density at radius 3 is 2.56 bits per heavy atom. The van der Waals surface area contributed by atoms with Gasteiger partial charge in [-0.3, -0.25) is 9.59 Å². The Kier molecular flexibility index (Phi) is 4.78. The molecule has 0 aromatic heterocycles. The van der Waals surface area contributed by atoms with Crippen molar-refractivity contribution in [3.8, 4) is 0 Å². The molecule has 4 rings (SSSR count). The summed E-state index contributed by atoms with van der Waals surface area (Å²) >= 11 is 0. The van der Waals surface area contributed by atoms with E-state index >= 15 is 0 Å². The van der Waals surface area contributed by atoms with Gasteiger partial charge in [0.2, 0.25) is 5.91 Å². The highest BCUT2D eigenvalue weighted by Crippen LogP contribution is 2.66. The fourth-order valence-corrected chi connectivity index (χ4v) is 7.61. The van der Waals surface area contributed by atoms with Crippen molar-refractivity contribution >= 4 is 11.9 Å². The monoisotopic (exact) mass is 379 g/mol. The molecule has 4 aliphatic carbocycles. The van der Waals surface area contributed by atoms with Crippen LogP contribution in [0.5, 0.6) is 0 Å². The highest BCUT2D eigenvalue weighted by Gasteiger charge is 2.64. The first-order valence-electron chi connectivity index (χ1n) is 10.6. The predicted molar refractivity (Wildman–Crippen MR) is 98.7 cm³/mol. The van der Waals surface area contributed by atoms with Crippen molar-refractivity contribution in [3.63, 3.8) is 0 Å². The number of aliphatic hydroxyl groups excluding tert-OH is 2. The number of amides is 1. The van der Waals surface area contributed by atoms with Gasteiger partial charge in [-0.05, 0) is 80.5 Å². The molecule has 27 heavy (non-hydrogen) atoms. The molecule has 0 aromatic carbocycles. The van der Waals surface area contributed by atoms with Gasteiger partial charge in [-0.1, -0.05) is 13.3 Å². The molecule has 1 amide bonds. The van der Waals surface area contributed by atoms with Gasteiger partial charge >= 0.3 is 5.97 Å². The summed E-state index contributed by atoms with van der Waals surface area (Å²) in [6.07, 6.45) is 7.10. The van der Waals surface area contributed by atoms with Crippen LogP contribution in [-0.4, -0.2) is 45.9 Å². The van der Waals surface area contributed by atoms with Crippen LogP contribution in [-0.2, 0) is 9.59 Å². The highest BCUT2D eigenvalue weighted by molar-refractivity contribution is 5.87. The van der Waals surface area contributed by atoms with Gasteiger partial charge in [-0.25, -0.2) is 0 Å². The van der Waals surface area contributed by atoms with Crippen LogP contribution in [0.3, 0.4) is 0 Å². The van der Waals surface area contributed by atoms with E-state index in [1.807, 2.05) is 0 Å². The van der Waals surface area contributed by atoms with Gasteiger partial charge in [0.05, 0.1) is 17.6 Å². The summed E-state index contributed by atoms with van der Waals surface area (Å²) in [6.45, 7) is 1.96. The fraction of sp³-hybridized carbons (Fsp3) is 0.905. The van der Waals surface area contributed by atoms with Gasteiger partial charge in [0.1, 0.15) is 6.54 Å². The van der Waals surface area contributed by atoms with E-state index in [9.17, 15) is 19.8 Å². The van der Waals surface area contributed by atoms with Crippen molar-refractivity contribution < 1.29 is 24.9 Å². The van der Waals surface area contributed by atoms with Gasteiger partial charge < -0.3 is 20.6 Å². The number of aliphatic hydroxyl groups is 2. The number of rotatable bonds is 3. The topological polar surface area (TPSA) is 107 Å². The molecule has 4 saturated carbocycles. The molecule has 0 spiro atoms. The summed E-state index contributed by atoms with van der Waals surface area (Å²) < 4.78 is 0. The van der Waals surface area contributed by atoms with Gasteiger partial charge in [0.25, 0.3) is 0 Å². The number of hydrogen-bond acceptors (Lipinski definition) is 4. The minimum absolute atomic E-state index is 0.134. The number of hydrogen-bond donors (Lipinski definition) is 4. The third-order valence-corrected chi connectivity index (χ3v) is 8.90. The lowest BCUT2D eigenvalue weighted by atomic mass is 9.44. The molecule has 0 heterocycles. The number of aliphatic carboxylic acids is 1. The van der Waals surface area contributed by atoms with Crippen molar-refractivity contribution in [2.24, 2.45) is 34.5 Å². The van der Waals surface area contributed by atoms with Crippen molar-refractivity contribution in [1.29, 1.82) is 0 Å². The second-order valence-electron chi connectivity index (χ2n) is 9.85. The molecule has 6 nitrogen and oxygen atoms in total. The van der Waals surface area contributed by atoms with E-state index in [-0.39, 0.29) is 29.9 Å². The summed E-state index contributed by atoms with van der Waals surface area (Å²) in [5.41, 5.74) is -0.677. The Balaban J connectivity index is 1.61. The molecule has 152 valence electrons. The van der Waals surface area contributed by atoms with Gasteiger partial charge in [0, 0.05) is 0 Å². The van der Waals surface area contributed by atoms with Gasteiger partial charge in [-0.15, -0.1) is 0 Å². The normalized spacial score (nSPS) is 48.9. The molecule has 0 radical (unpaired) electrons. The van der Waals surface area contributed by atoms with Gasteiger partial charge in [-0.2, -0.15) is 0 Å². The molecular formula is C21H33NO5. The van der Waals surface area contributed by atoms with Crippen LogP contribution < -0.4 is 5.32 Å². The maximum atomic E-state index is 13.0. The molecule has 0 bridgehead atoms. The molecule has 8 atom stereocenters. The molecule has 4 unspecified atom stereocenters. The highest BCUT2D eigenvalue weighted by atomic mass is 16.4. The Bertz CT molecular complexity index is 624. The first-order chi connectivity index (χ1) is 12.8. The number of carboxylic acids is 1. The van der Waals surface area contributed by atoms with Crippen LogP contribution in [0.15, 0.2) is 0 Å². The maximum Gasteiger partial charge on any atom is 0.322 e. The number of nitrogens with one attached hydrogen (secondary N) is 1. The van der Waals surface area contributed by atoms with Crippen molar-refractivity contribution in [2.45, 2.75) is 76.9 Å². The quantitative estimate of drug-likeness (QED) is 0.599. The predicted octanol–water partition coefficient (Wildman–Crippen LogP) is 1.93. The first-order valence-corrected chi connectivity index (χ1v) is 10.6. The lowest BCUT2D eigenvalue weighted by Crippen LogP contribution is -2.62. The zero-order valence-electron chi connectivity index (χ0n) is 16.2. The summed E-state index contributed by atoms with van der Waals surface area (Å²) in [5, 5.41) is 32.9. The summed E-state index contributed by atoms with van der Waals surface area (Å²) in [4.78, 5) is 23.9. The third kappa shape index (κ3) is 2.82. The lowest BCUT2D eigenvalue weighted by molar-refractivity contribution is -0.178. The van der Waals surface area contributed by atoms with Crippen LogP contribution >= 0.6 is 0 Å². The molecule has 4 N–H and O–H groups in total. The summed E-state index contributed by atoms with van der Waals surface area (Å²) in [7, 11) is 0. The van der Waals surface area contributed by atoms with E-state index in [1.165, 1.54) is 0 Å². The van der Waals surface area contributed by atoms with Crippen LogP contribution in [0.1, 0.15) is 64.7 Å². The zero-order chi connectivity index (χ0) is 19.4.